The largest absolute Gasteiger partial charge is 0.479 e. The van der Waals surface area contributed by atoms with Crippen LogP contribution in [0, 0.1) is 0 Å². The number of hydrogen-bond acceptors (Lipinski definition) is 4. The third kappa shape index (κ3) is 2.76. The Labute approximate surface area is 99.0 Å². The monoisotopic (exact) mass is 243 g/mol. The number of nitrogens with one attached hydrogen (secondary N) is 1. The van der Waals surface area contributed by atoms with E-state index in [-0.39, 0.29) is 12.5 Å². The number of aliphatic carboxylic acids is 1. The Morgan fingerprint density at radius 2 is 1.94 bits per heavy atom. The van der Waals surface area contributed by atoms with Crippen LogP contribution in [0.5, 0.6) is 0 Å². The average molecular weight is 243 g/mol. The van der Waals surface area contributed by atoms with Crippen molar-refractivity contribution in [2.75, 3.05) is 6.54 Å². The minimum atomic E-state index is -1.03. The molecular formula is C11H17NO5. The summed E-state index contributed by atoms with van der Waals surface area (Å²) in [6.07, 6.45) is 1.59. The van der Waals surface area contributed by atoms with Gasteiger partial charge in [0.1, 0.15) is 6.10 Å². The van der Waals surface area contributed by atoms with Crippen LogP contribution < -0.4 is 5.32 Å². The number of aliphatic hydroxyl groups is 1. The third-order valence-corrected chi connectivity index (χ3v) is 3.46. The number of amides is 1. The molecule has 3 N–H and O–H groups in total. The van der Waals surface area contributed by atoms with Crippen molar-refractivity contribution in [3.8, 4) is 0 Å². The Bertz CT molecular complexity index is 326. The molecule has 1 aliphatic carbocycles. The van der Waals surface area contributed by atoms with Crippen LogP contribution in [0.3, 0.4) is 0 Å². The molecule has 0 spiro atoms. The first-order valence-electron chi connectivity index (χ1n) is 5.88. The highest BCUT2D eigenvalue weighted by atomic mass is 16.5. The number of carbonyl (C=O) groups excluding carboxylic acids is 1. The van der Waals surface area contributed by atoms with E-state index >= 15 is 0 Å². The van der Waals surface area contributed by atoms with Crippen molar-refractivity contribution in [2.24, 2.45) is 0 Å². The first-order valence-corrected chi connectivity index (χ1v) is 5.88. The molecule has 96 valence electrons. The predicted octanol–water partition coefficient (Wildman–Crippen LogP) is -0.350. The SMILES string of the molecule is O=C(NCC1(O)CCC1)[C@@H]1CC[C@H](C(=O)O)O1. The fourth-order valence-corrected chi connectivity index (χ4v) is 2.14. The summed E-state index contributed by atoms with van der Waals surface area (Å²) < 4.78 is 5.11. The fraction of sp³-hybridized carbons (Fsp3) is 0.818. The molecule has 1 saturated carbocycles. The molecule has 1 amide bonds. The van der Waals surface area contributed by atoms with Crippen LogP contribution in [0.15, 0.2) is 0 Å². The van der Waals surface area contributed by atoms with Gasteiger partial charge in [0.15, 0.2) is 6.10 Å². The number of hydrogen-bond donors (Lipinski definition) is 3. The summed E-state index contributed by atoms with van der Waals surface area (Å²) in [5, 5.41) is 21.1. The lowest BCUT2D eigenvalue weighted by molar-refractivity contribution is -0.152. The van der Waals surface area contributed by atoms with E-state index < -0.39 is 23.8 Å². The van der Waals surface area contributed by atoms with Gasteiger partial charge >= 0.3 is 5.97 Å². The number of carboxylic acid groups (broad SMARTS) is 1. The van der Waals surface area contributed by atoms with Crippen molar-refractivity contribution in [1.29, 1.82) is 0 Å². The molecule has 0 unspecified atom stereocenters. The van der Waals surface area contributed by atoms with Gasteiger partial charge in [0.2, 0.25) is 5.91 Å². The highest BCUT2D eigenvalue weighted by molar-refractivity contribution is 5.82. The van der Waals surface area contributed by atoms with Crippen molar-refractivity contribution in [1.82, 2.24) is 5.32 Å². The molecule has 1 aliphatic heterocycles. The second-order valence-electron chi connectivity index (χ2n) is 4.82. The van der Waals surface area contributed by atoms with Gasteiger partial charge < -0.3 is 20.3 Å². The van der Waals surface area contributed by atoms with E-state index in [1.165, 1.54) is 0 Å². The van der Waals surface area contributed by atoms with Gasteiger partial charge in [-0.05, 0) is 32.1 Å². The maximum absolute atomic E-state index is 11.7. The van der Waals surface area contributed by atoms with Gasteiger partial charge in [0.25, 0.3) is 0 Å². The maximum Gasteiger partial charge on any atom is 0.332 e. The molecule has 0 aromatic rings. The number of ether oxygens (including phenoxy) is 1. The van der Waals surface area contributed by atoms with E-state index in [1.807, 2.05) is 0 Å². The van der Waals surface area contributed by atoms with Crippen LogP contribution in [0.4, 0.5) is 0 Å². The molecule has 0 aromatic heterocycles. The van der Waals surface area contributed by atoms with Gasteiger partial charge in [0, 0.05) is 6.54 Å². The zero-order chi connectivity index (χ0) is 12.5. The van der Waals surface area contributed by atoms with Crippen molar-refractivity contribution >= 4 is 11.9 Å². The number of rotatable bonds is 4. The molecule has 2 atom stereocenters. The number of carboxylic acids is 1. The smallest absolute Gasteiger partial charge is 0.332 e. The normalized spacial score (nSPS) is 30.6. The molecule has 2 fully saturated rings. The second kappa shape index (κ2) is 4.62. The van der Waals surface area contributed by atoms with E-state index in [4.69, 9.17) is 9.84 Å². The molecule has 0 bridgehead atoms. The summed E-state index contributed by atoms with van der Waals surface area (Å²) in [6.45, 7) is 0.226. The topological polar surface area (TPSA) is 95.9 Å². The minimum absolute atomic E-state index is 0.226. The summed E-state index contributed by atoms with van der Waals surface area (Å²) in [5.41, 5.74) is -0.763. The van der Waals surface area contributed by atoms with Gasteiger partial charge in [-0.25, -0.2) is 4.79 Å². The van der Waals surface area contributed by atoms with Crippen LogP contribution in [-0.4, -0.2) is 46.4 Å². The lowest BCUT2D eigenvalue weighted by Gasteiger charge is -2.36. The van der Waals surface area contributed by atoms with E-state index in [0.717, 1.165) is 6.42 Å². The van der Waals surface area contributed by atoms with Crippen molar-refractivity contribution in [3.05, 3.63) is 0 Å². The zero-order valence-corrected chi connectivity index (χ0v) is 9.52. The van der Waals surface area contributed by atoms with Gasteiger partial charge in [-0.3, -0.25) is 4.79 Å². The zero-order valence-electron chi connectivity index (χ0n) is 9.52. The molecule has 6 heteroatoms. The molecule has 2 rings (SSSR count). The summed E-state index contributed by atoms with van der Waals surface area (Å²) in [6, 6.07) is 0. The van der Waals surface area contributed by atoms with Gasteiger partial charge in [-0.2, -0.15) is 0 Å². The molecule has 0 aromatic carbocycles. The summed E-state index contributed by atoms with van der Waals surface area (Å²) >= 11 is 0. The highest BCUT2D eigenvalue weighted by Gasteiger charge is 2.38. The fourth-order valence-electron chi connectivity index (χ4n) is 2.14. The van der Waals surface area contributed by atoms with E-state index in [0.29, 0.717) is 25.7 Å². The van der Waals surface area contributed by atoms with Crippen LogP contribution in [0.2, 0.25) is 0 Å². The predicted molar refractivity (Wildman–Crippen MR) is 57.3 cm³/mol. The Hall–Kier alpha value is -1.14. The van der Waals surface area contributed by atoms with E-state index in [9.17, 15) is 14.7 Å². The van der Waals surface area contributed by atoms with Crippen LogP contribution in [-0.2, 0) is 14.3 Å². The van der Waals surface area contributed by atoms with Crippen LogP contribution in [0.25, 0.3) is 0 Å². The Morgan fingerprint density at radius 3 is 2.41 bits per heavy atom. The first-order chi connectivity index (χ1) is 8.00. The van der Waals surface area contributed by atoms with Gasteiger partial charge in [-0.15, -0.1) is 0 Å². The molecule has 1 heterocycles. The molecule has 17 heavy (non-hydrogen) atoms. The Kier molecular flexibility index (Phi) is 3.35. The van der Waals surface area contributed by atoms with E-state index in [1.54, 1.807) is 0 Å². The van der Waals surface area contributed by atoms with E-state index in [2.05, 4.69) is 5.32 Å². The van der Waals surface area contributed by atoms with Crippen molar-refractivity contribution in [2.45, 2.75) is 49.9 Å². The minimum Gasteiger partial charge on any atom is -0.479 e. The first kappa shape index (κ1) is 12.3. The van der Waals surface area contributed by atoms with Crippen LogP contribution >= 0.6 is 0 Å². The second-order valence-corrected chi connectivity index (χ2v) is 4.82. The van der Waals surface area contributed by atoms with Crippen molar-refractivity contribution in [3.63, 3.8) is 0 Å². The molecule has 1 saturated heterocycles. The molecule has 6 nitrogen and oxygen atoms in total. The average Bonchev–Trinajstić information content (AvgIpc) is 2.72. The molecular weight excluding hydrogens is 226 g/mol. The highest BCUT2D eigenvalue weighted by Crippen LogP contribution is 2.30. The van der Waals surface area contributed by atoms with Crippen molar-refractivity contribution < 1.29 is 24.5 Å². The molecule has 0 radical (unpaired) electrons. The van der Waals surface area contributed by atoms with Gasteiger partial charge in [-0.1, -0.05) is 0 Å². The lowest BCUT2D eigenvalue weighted by atomic mass is 9.80. The Morgan fingerprint density at radius 1 is 1.29 bits per heavy atom. The summed E-state index contributed by atoms with van der Waals surface area (Å²) in [5.74, 6) is -1.35. The third-order valence-electron chi connectivity index (χ3n) is 3.46. The summed E-state index contributed by atoms with van der Waals surface area (Å²) in [7, 11) is 0. The maximum atomic E-state index is 11.7. The number of carbonyl (C=O) groups is 2. The van der Waals surface area contributed by atoms with Crippen LogP contribution in [0.1, 0.15) is 32.1 Å². The van der Waals surface area contributed by atoms with Gasteiger partial charge in [0.05, 0.1) is 5.60 Å². The standard InChI is InChI=1S/C11H17NO5/c13-9(12-6-11(16)4-1-5-11)7-2-3-8(17-7)10(14)15/h7-8,16H,1-6H2,(H,12,13)(H,14,15)/t7-,8+/m0/s1. The summed E-state index contributed by atoms with van der Waals surface area (Å²) in [4.78, 5) is 22.3. The molecule has 2 aliphatic rings. The quantitative estimate of drug-likeness (QED) is 0.627. The lowest BCUT2D eigenvalue weighted by Crippen LogP contribution is -2.49. The Balaban J connectivity index is 1.75.